The van der Waals surface area contributed by atoms with Crippen molar-refractivity contribution in [1.82, 2.24) is 4.90 Å². The standard InChI is InChI=1S/C15H22N2O3/c1-19-14-7-6-12(10-13(14)16)20-11-15(18)17-8-4-2-3-5-9-17/h6-7,10H,2-5,8-9,11,16H2,1H3. The maximum atomic E-state index is 12.1. The molecule has 1 amide bonds. The number of benzene rings is 1. The lowest BCUT2D eigenvalue weighted by Gasteiger charge is -2.20. The monoisotopic (exact) mass is 278 g/mol. The minimum atomic E-state index is 0.0429. The van der Waals surface area contributed by atoms with Gasteiger partial charge in [0.1, 0.15) is 11.5 Å². The number of nitrogen functional groups attached to an aromatic ring is 1. The lowest BCUT2D eigenvalue weighted by atomic mass is 10.2. The van der Waals surface area contributed by atoms with E-state index in [1.54, 1.807) is 25.3 Å². The van der Waals surface area contributed by atoms with Crippen molar-refractivity contribution in [2.45, 2.75) is 25.7 Å². The summed E-state index contributed by atoms with van der Waals surface area (Å²) < 4.78 is 10.6. The van der Waals surface area contributed by atoms with Crippen molar-refractivity contribution < 1.29 is 14.3 Å². The zero-order chi connectivity index (χ0) is 14.4. The Morgan fingerprint density at radius 2 is 1.95 bits per heavy atom. The fourth-order valence-corrected chi connectivity index (χ4v) is 2.36. The van der Waals surface area contributed by atoms with Crippen LogP contribution in [0.4, 0.5) is 5.69 Å². The number of rotatable bonds is 4. The van der Waals surface area contributed by atoms with E-state index in [9.17, 15) is 4.79 Å². The van der Waals surface area contributed by atoms with E-state index in [1.807, 2.05) is 4.90 Å². The summed E-state index contributed by atoms with van der Waals surface area (Å²) in [6.07, 6.45) is 4.59. The Morgan fingerprint density at radius 1 is 1.25 bits per heavy atom. The van der Waals surface area contributed by atoms with Crippen LogP contribution in [0.1, 0.15) is 25.7 Å². The minimum absolute atomic E-state index is 0.0429. The molecule has 0 saturated carbocycles. The second-order valence-corrected chi connectivity index (χ2v) is 4.99. The Kier molecular flexibility index (Phi) is 5.09. The molecule has 1 fully saturated rings. The highest BCUT2D eigenvalue weighted by molar-refractivity contribution is 5.77. The molecule has 1 heterocycles. The van der Waals surface area contributed by atoms with Gasteiger partial charge >= 0.3 is 0 Å². The summed E-state index contributed by atoms with van der Waals surface area (Å²) in [6.45, 7) is 1.74. The van der Waals surface area contributed by atoms with Gasteiger partial charge in [-0.25, -0.2) is 0 Å². The molecule has 2 N–H and O–H groups in total. The summed E-state index contributed by atoms with van der Waals surface area (Å²) >= 11 is 0. The van der Waals surface area contributed by atoms with Crippen molar-refractivity contribution in [3.63, 3.8) is 0 Å². The van der Waals surface area contributed by atoms with Gasteiger partial charge < -0.3 is 20.1 Å². The second kappa shape index (κ2) is 7.03. The quantitative estimate of drug-likeness (QED) is 0.856. The zero-order valence-electron chi connectivity index (χ0n) is 11.9. The van der Waals surface area contributed by atoms with Crippen molar-refractivity contribution in [3.05, 3.63) is 18.2 Å². The number of likely N-dealkylation sites (tertiary alicyclic amines) is 1. The van der Waals surface area contributed by atoms with Crippen LogP contribution in [0.5, 0.6) is 11.5 Å². The molecule has 1 aromatic rings. The highest BCUT2D eigenvalue weighted by Crippen LogP contribution is 2.25. The molecule has 1 aliphatic heterocycles. The summed E-state index contributed by atoms with van der Waals surface area (Å²) in [4.78, 5) is 14.0. The minimum Gasteiger partial charge on any atom is -0.495 e. The Hall–Kier alpha value is -1.91. The van der Waals surface area contributed by atoms with Crippen molar-refractivity contribution in [3.8, 4) is 11.5 Å². The molecule has 0 bridgehead atoms. The highest BCUT2D eigenvalue weighted by Gasteiger charge is 2.16. The number of hydrogen-bond acceptors (Lipinski definition) is 4. The van der Waals surface area contributed by atoms with Gasteiger partial charge in [0.25, 0.3) is 5.91 Å². The van der Waals surface area contributed by atoms with Gasteiger partial charge in [0.2, 0.25) is 0 Å². The first-order valence-corrected chi connectivity index (χ1v) is 7.05. The summed E-state index contributed by atoms with van der Waals surface area (Å²) in [5.74, 6) is 1.24. The fourth-order valence-electron chi connectivity index (χ4n) is 2.36. The number of hydrogen-bond donors (Lipinski definition) is 1. The maximum Gasteiger partial charge on any atom is 0.260 e. The summed E-state index contributed by atoms with van der Waals surface area (Å²) in [5.41, 5.74) is 6.31. The molecule has 1 saturated heterocycles. The van der Waals surface area contributed by atoms with Gasteiger partial charge in [-0.05, 0) is 25.0 Å². The van der Waals surface area contributed by atoms with E-state index in [0.29, 0.717) is 17.2 Å². The number of ether oxygens (including phenoxy) is 2. The number of nitrogens with two attached hydrogens (primary N) is 1. The molecule has 1 aliphatic rings. The number of carbonyl (C=O) groups is 1. The molecule has 0 radical (unpaired) electrons. The van der Waals surface area contributed by atoms with Crippen molar-refractivity contribution in [2.24, 2.45) is 0 Å². The van der Waals surface area contributed by atoms with Gasteiger partial charge in [-0.3, -0.25) is 4.79 Å². The second-order valence-electron chi connectivity index (χ2n) is 4.99. The third-order valence-electron chi connectivity index (χ3n) is 3.52. The Balaban J connectivity index is 1.87. The molecule has 0 aromatic heterocycles. The molecule has 0 unspecified atom stereocenters. The Bertz CT molecular complexity index is 454. The SMILES string of the molecule is COc1ccc(OCC(=O)N2CCCCCC2)cc1N. The molecule has 0 atom stereocenters. The van der Waals surface area contributed by atoms with Crippen LogP contribution in [0, 0.1) is 0 Å². The van der Waals surface area contributed by atoms with Crippen LogP contribution in [0.15, 0.2) is 18.2 Å². The van der Waals surface area contributed by atoms with Gasteiger partial charge in [-0.1, -0.05) is 12.8 Å². The molecular weight excluding hydrogens is 256 g/mol. The summed E-state index contributed by atoms with van der Waals surface area (Å²) in [6, 6.07) is 5.17. The first-order chi connectivity index (χ1) is 9.70. The topological polar surface area (TPSA) is 64.8 Å². The molecular formula is C15H22N2O3. The zero-order valence-corrected chi connectivity index (χ0v) is 11.9. The Labute approximate surface area is 119 Å². The van der Waals surface area contributed by atoms with Crippen LogP contribution in [0.3, 0.4) is 0 Å². The lowest BCUT2D eigenvalue weighted by molar-refractivity contribution is -0.133. The van der Waals surface area contributed by atoms with E-state index in [-0.39, 0.29) is 12.5 Å². The largest absolute Gasteiger partial charge is 0.495 e. The third-order valence-corrected chi connectivity index (χ3v) is 3.52. The van der Waals surface area contributed by atoms with E-state index in [0.717, 1.165) is 25.9 Å². The molecule has 5 nitrogen and oxygen atoms in total. The van der Waals surface area contributed by atoms with E-state index >= 15 is 0 Å². The van der Waals surface area contributed by atoms with Crippen molar-refractivity contribution in [2.75, 3.05) is 32.5 Å². The molecule has 1 aromatic carbocycles. The van der Waals surface area contributed by atoms with Crippen LogP contribution in [0.2, 0.25) is 0 Å². The van der Waals surface area contributed by atoms with E-state index < -0.39 is 0 Å². The van der Waals surface area contributed by atoms with Gasteiger partial charge in [-0.2, -0.15) is 0 Å². The summed E-state index contributed by atoms with van der Waals surface area (Å²) in [5, 5.41) is 0. The average molecular weight is 278 g/mol. The number of nitrogens with zero attached hydrogens (tertiary/aromatic N) is 1. The maximum absolute atomic E-state index is 12.1. The predicted octanol–water partition coefficient (Wildman–Crippen LogP) is 2.06. The average Bonchev–Trinajstić information content (AvgIpc) is 2.74. The van der Waals surface area contributed by atoms with Gasteiger partial charge in [-0.15, -0.1) is 0 Å². The van der Waals surface area contributed by atoms with Gasteiger partial charge in [0.15, 0.2) is 6.61 Å². The molecule has 20 heavy (non-hydrogen) atoms. The van der Waals surface area contributed by atoms with Crippen LogP contribution in [-0.4, -0.2) is 37.6 Å². The number of anilines is 1. The van der Waals surface area contributed by atoms with Crippen LogP contribution in [-0.2, 0) is 4.79 Å². The van der Waals surface area contributed by atoms with Crippen LogP contribution in [0.25, 0.3) is 0 Å². The van der Waals surface area contributed by atoms with Crippen molar-refractivity contribution >= 4 is 11.6 Å². The Morgan fingerprint density at radius 3 is 2.55 bits per heavy atom. The smallest absolute Gasteiger partial charge is 0.260 e. The molecule has 2 rings (SSSR count). The van der Waals surface area contributed by atoms with Gasteiger partial charge in [0, 0.05) is 19.2 Å². The van der Waals surface area contributed by atoms with Crippen LogP contribution >= 0.6 is 0 Å². The molecule has 0 aliphatic carbocycles. The van der Waals surface area contributed by atoms with Gasteiger partial charge in [0.05, 0.1) is 12.8 Å². The number of methoxy groups -OCH3 is 1. The lowest BCUT2D eigenvalue weighted by Crippen LogP contribution is -2.35. The highest BCUT2D eigenvalue weighted by atomic mass is 16.5. The number of amides is 1. The van der Waals surface area contributed by atoms with Crippen molar-refractivity contribution in [1.29, 1.82) is 0 Å². The molecule has 5 heteroatoms. The van der Waals surface area contributed by atoms with E-state index in [2.05, 4.69) is 0 Å². The van der Waals surface area contributed by atoms with Crippen LogP contribution < -0.4 is 15.2 Å². The van der Waals surface area contributed by atoms with E-state index in [1.165, 1.54) is 12.8 Å². The summed E-state index contributed by atoms with van der Waals surface area (Å²) in [7, 11) is 1.56. The predicted molar refractivity (Wildman–Crippen MR) is 77.9 cm³/mol. The molecule has 110 valence electrons. The number of carbonyl (C=O) groups excluding carboxylic acids is 1. The first-order valence-electron chi connectivity index (χ1n) is 7.05. The third kappa shape index (κ3) is 3.79. The normalized spacial score (nSPS) is 15.6. The van der Waals surface area contributed by atoms with E-state index in [4.69, 9.17) is 15.2 Å². The fraction of sp³-hybridized carbons (Fsp3) is 0.533. The molecule has 0 spiro atoms. The first kappa shape index (κ1) is 14.5.